The monoisotopic (exact) mass is 458 g/mol. The summed E-state index contributed by atoms with van der Waals surface area (Å²) < 4.78 is 36.8. The molecule has 1 fully saturated rings. The normalized spacial score (nSPS) is 15.8. The number of rotatable bonds is 6. The molecule has 9 nitrogen and oxygen atoms in total. The van der Waals surface area contributed by atoms with Gasteiger partial charge in [-0.25, -0.2) is 13.4 Å². The number of thioether (sulfide) groups is 1. The first kappa shape index (κ1) is 20.4. The molecule has 1 aliphatic rings. The molecule has 31 heavy (non-hydrogen) atoms. The maximum Gasteiger partial charge on any atom is 0.243 e. The SMILES string of the molecule is CCn1c(CSc2nnc3ccccn23)nc2cc(S(=O)(=O)N3CCOCC3)ccc21. The Labute approximate surface area is 184 Å². The van der Waals surface area contributed by atoms with Crippen LogP contribution in [0.3, 0.4) is 0 Å². The Morgan fingerprint density at radius 2 is 1.97 bits per heavy atom. The van der Waals surface area contributed by atoms with Crippen molar-refractivity contribution in [3.8, 4) is 0 Å². The van der Waals surface area contributed by atoms with Crippen LogP contribution >= 0.6 is 11.8 Å². The number of imidazole rings is 1. The summed E-state index contributed by atoms with van der Waals surface area (Å²) in [7, 11) is -3.56. The van der Waals surface area contributed by atoms with Crippen LogP contribution in [0.25, 0.3) is 16.7 Å². The van der Waals surface area contributed by atoms with Crippen LogP contribution in [-0.4, -0.2) is 63.2 Å². The Balaban J connectivity index is 1.45. The van der Waals surface area contributed by atoms with Crippen molar-refractivity contribution in [1.82, 2.24) is 28.5 Å². The van der Waals surface area contributed by atoms with Crippen LogP contribution in [0.15, 0.2) is 52.6 Å². The summed E-state index contributed by atoms with van der Waals surface area (Å²) in [6.45, 7) is 4.38. The molecule has 11 heteroatoms. The van der Waals surface area contributed by atoms with Crippen molar-refractivity contribution in [3.63, 3.8) is 0 Å². The van der Waals surface area contributed by atoms with Crippen LogP contribution in [0.1, 0.15) is 12.7 Å². The van der Waals surface area contributed by atoms with Gasteiger partial charge in [0.15, 0.2) is 10.8 Å². The van der Waals surface area contributed by atoms with Gasteiger partial charge < -0.3 is 9.30 Å². The van der Waals surface area contributed by atoms with E-state index in [2.05, 4.69) is 21.7 Å². The van der Waals surface area contributed by atoms with Gasteiger partial charge in [-0.15, -0.1) is 10.2 Å². The summed E-state index contributed by atoms with van der Waals surface area (Å²) in [4.78, 5) is 5.03. The van der Waals surface area contributed by atoms with Crippen LogP contribution in [0.2, 0.25) is 0 Å². The summed E-state index contributed by atoms with van der Waals surface area (Å²) in [5.74, 6) is 1.47. The molecular weight excluding hydrogens is 436 g/mol. The minimum absolute atomic E-state index is 0.269. The molecule has 0 amide bonds. The number of sulfonamides is 1. The van der Waals surface area contributed by atoms with Crippen molar-refractivity contribution in [3.05, 3.63) is 48.4 Å². The number of pyridine rings is 1. The van der Waals surface area contributed by atoms with Crippen molar-refractivity contribution >= 4 is 38.5 Å². The maximum atomic E-state index is 13.0. The van der Waals surface area contributed by atoms with Crippen molar-refractivity contribution in [2.24, 2.45) is 0 Å². The molecule has 4 aromatic rings. The van der Waals surface area contributed by atoms with Crippen LogP contribution in [0, 0.1) is 0 Å². The molecule has 1 aliphatic heterocycles. The van der Waals surface area contributed by atoms with Gasteiger partial charge >= 0.3 is 0 Å². The fraction of sp³-hybridized carbons (Fsp3) is 0.350. The molecular formula is C20H22N6O3S2. The molecule has 162 valence electrons. The lowest BCUT2D eigenvalue weighted by Gasteiger charge is -2.26. The standard InChI is InChI=1S/C20H22N6O3S2/c1-2-25-17-7-6-15(31(27,28)24-9-11-29-12-10-24)13-16(17)21-19(25)14-30-20-23-22-18-5-3-4-8-26(18)20/h3-8,13H,2,9-12,14H2,1H3. The molecule has 0 aliphatic carbocycles. The highest BCUT2D eigenvalue weighted by Crippen LogP contribution is 2.27. The van der Waals surface area contributed by atoms with Crippen molar-refractivity contribution in [2.75, 3.05) is 26.3 Å². The first-order chi connectivity index (χ1) is 15.1. The van der Waals surface area contributed by atoms with Crippen LogP contribution in [-0.2, 0) is 27.1 Å². The number of benzene rings is 1. The van der Waals surface area contributed by atoms with E-state index in [9.17, 15) is 8.42 Å². The molecule has 0 radical (unpaired) electrons. The van der Waals surface area contributed by atoms with E-state index in [4.69, 9.17) is 9.72 Å². The zero-order valence-electron chi connectivity index (χ0n) is 17.0. The highest BCUT2D eigenvalue weighted by atomic mass is 32.2. The lowest BCUT2D eigenvalue weighted by Crippen LogP contribution is -2.40. The number of ether oxygens (including phenoxy) is 1. The van der Waals surface area contributed by atoms with Gasteiger partial charge in [0.1, 0.15) is 5.82 Å². The summed E-state index contributed by atoms with van der Waals surface area (Å²) in [6.07, 6.45) is 1.93. The fourth-order valence-electron chi connectivity index (χ4n) is 3.77. The summed E-state index contributed by atoms with van der Waals surface area (Å²) in [6, 6.07) is 11.0. The lowest BCUT2D eigenvalue weighted by atomic mass is 10.3. The molecule has 3 aromatic heterocycles. The quantitative estimate of drug-likeness (QED) is 0.410. The second-order valence-electron chi connectivity index (χ2n) is 7.14. The summed E-state index contributed by atoms with van der Waals surface area (Å²) in [5, 5.41) is 9.24. The molecule has 1 aromatic carbocycles. The first-order valence-corrected chi connectivity index (χ1v) is 12.5. The Kier molecular flexibility index (Phi) is 5.42. The van der Waals surface area contributed by atoms with Gasteiger partial charge in [-0.2, -0.15) is 4.31 Å². The topological polar surface area (TPSA) is 94.6 Å². The number of hydrogen-bond donors (Lipinski definition) is 0. The molecule has 0 N–H and O–H groups in total. The smallest absolute Gasteiger partial charge is 0.243 e. The molecule has 0 bridgehead atoms. The molecule has 0 unspecified atom stereocenters. The number of aryl methyl sites for hydroxylation is 1. The Hall–Kier alpha value is -2.47. The summed E-state index contributed by atoms with van der Waals surface area (Å²) in [5.41, 5.74) is 2.40. The number of morpholine rings is 1. The zero-order valence-corrected chi connectivity index (χ0v) is 18.6. The first-order valence-electron chi connectivity index (χ1n) is 10.1. The Bertz CT molecular complexity index is 1340. The third-order valence-electron chi connectivity index (χ3n) is 5.34. The van der Waals surface area contributed by atoms with Crippen LogP contribution in [0.4, 0.5) is 0 Å². The van der Waals surface area contributed by atoms with E-state index in [0.717, 1.165) is 28.7 Å². The predicted molar refractivity (Wildman–Crippen MR) is 118 cm³/mol. The van der Waals surface area contributed by atoms with Gasteiger partial charge in [0.2, 0.25) is 10.0 Å². The fourth-order valence-corrected chi connectivity index (χ4v) is 6.07. The van der Waals surface area contributed by atoms with E-state index in [1.165, 1.54) is 4.31 Å². The Morgan fingerprint density at radius 3 is 2.77 bits per heavy atom. The average Bonchev–Trinajstić information content (AvgIpc) is 3.38. The predicted octanol–water partition coefficient (Wildman–Crippen LogP) is 2.41. The highest BCUT2D eigenvalue weighted by molar-refractivity contribution is 7.98. The van der Waals surface area contributed by atoms with Crippen LogP contribution < -0.4 is 0 Å². The number of aromatic nitrogens is 5. The van der Waals surface area contributed by atoms with Crippen LogP contribution in [0.5, 0.6) is 0 Å². The van der Waals surface area contributed by atoms with E-state index < -0.39 is 10.0 Å². The van der Waals surface area contributed by atoms with E-state index in [-0.39, 0.29) is 4.90 Å². The maximum absolute atomic E-state index is 13.0. The molecule has 4 heterocycles. The van der Waals surface area contributed by atoms with Gasteiger partial charge in [0.25, 0.3) is 0 Å². The van der Waals surface area contributed by atoms with E-state index in [0.29, 0.717) is 37.6 Å². The second-order valence-corrected chi connectivity index (χ2v) is 10.0. The molecule has 5 rings (SSSR count). The van der Waals surface area contributed by atoms with E-state index >= 15 is 0 Å². The van der Waals surface area contributed by atoms with Gasteiger partial charge in [-0.3, -0.25) is 4.40 Å². The Morgan fingerprint density at radius 1 is 1.13 bits per heavy atom. The number of nitrogens with zero attached hydrogens (tertiary/aromatic N) is 6. The highest BCUT2D eigenvalue weighted by Gasteiger charge is 2.27. The molecule has 0 spiro atoms. The third-order valence-corrected chi connectivity index (χ3v) is 8.17. The van der Waals surface area contributed by atoms with Crippen molar-refractivity contribution in [1.29, 1.82) is 0 Å². The molecule has 0 atom stereocenters. The lowest BCUT2D eigenvalue weighted by molar-refractivity contribution is 0.0730. The van der Waals surface area contributed by atoms with Gasteiger partial charge in [-0.05, 0) is 37.3 Å². The summed E-state index contributed by atoms with van der Waals surface area (Å²) >= 11 is 1.55. The third kappa shape index (κ3) is 3.71. The minimum Gasteiger partial charge on any atom is -0.379 e. The van der Waals surface area contributed by atoms with Gasteiger partial charge in [0.05, 0.1) is 34.9 Å². The largest absolute Gasteiger partial charge is 0.379 e. The van der Waals surface area contributed by atoms with Gasteiger partial charge in [-0.1, -0.05) is 17.8 Å². The zero-order chi connectivity index (χ0) is 21.4. The second kappa shape index (κ2) is 8.23. The molecule has 1 saturated heterocycles. The van der Waals surface area contributed by atoms with E-state index in [1.807, 2.05) is 34.9 Å². The van der Waals surface area contributed by atoms with Crippen molar-refractivity contribution < 1.29 is 13.2 Å². The molecule has 0 saturated carbocycles. The van der Waals surface area contributed by atoms with Crippen molar-refractivity contribution in [2.45, 2.75) is 29.3 Å². The number of fused-ring (bicyclic) bond motifs is 2. The average molecular weight is 459 g/mol. The minimum atomic E-state index is -3.56. The number of hydrogen-bond acceptors (Lipinski definition) is 7. The van der Waals surface area contributed by atoms with Gasteiger partial charge in [0, 0.05) is 25.8 Å². The van der Waals surface area contributed by atoms with E-state index in [1.54, 1.807) is 23.9 Å².